The van der Waals surface area contributed by atoms with Crippen LogP contribution in [0.25, 0.3) is 0 Å². The highest BCUT2D eigenvalue weighted by molar-refractivity contribution is 7.89. The van der Waals surface area contributed by atoms with Crippen molar-refractivity contribution in [3.05, 3.63) is 30.3 Å². The molecule has 0 fully saturated rings. The quantitative estimate of drug-likeness (QED) is 0.135. The molecule has 0 N–H and O–H groups in total. The van der Waals surface area contributed by atoms with Gasteiger partial charge >= 0.3 is 0 Å². The fourth-order valence-corrected chi connectivity index (χ4v) is 6.11. The van der Waals surface area contributed by atoms with Crippen LogP contribution in [0.15, 0.2) is 29.2 Å². The summed E-state index contributed by atoms with van der Waals surface area (Å²) in [5.74, 6) is 0. The summed E-state index contributed by atoms with van der Waals surface area (Å²) in [5.41, 5.74) is 0. The molecule has 1 aromatic carbocycles. The normalized spacial score (nSPS) is 12.0. The molecule has 0 saturated heterocycles. The average molecular weight is 493 g/mol. The van der Waals surface area contributed by atoms with Gasteiger partial charge in [-0.2, -0.15) is 4.31 Å². The van der Waals surface area contributed by atoms with Crippen molar-refractivity contribution in [2.75, 3.05) is 13.1 Å². The summed E-state index contributed by atoms with van der Waals surface area (Å²) in [7, 11) is -3.41. The fraction of sp³-hybridized carbons (Fsp3) is 0.800. The van der Waals surface area contributed by atoms with Gasteiger partial charge in [0.2, 0.25) is 10.0 Å². The number of sulfonamides is 1. The van der Waals surface area contributed by atoms with E-state index in [-0.39, 0.29) is 0 Å². The zero-order chi connectivity index (χ0) is 24.7. The van der Waals surface area contributed by atoms with Crippen LogP contribution in [0.4, 0.5) is 0 Å². The molecule has 0 aliphatic carbocycles. The van der Waals surface area contributed by atoms with Crippen LogP contribution < -0.4 is 0 Å². The van der Waals surface area contributed by atoms with Crippen molar-refractivity contribution >= 4 is 10.0 Å². The first-order valence-electron chi connectivity index (χ1n) is 14.6. The molecule has 0 aromatic heterocycles. The van der Waals surface area contributed by atoms with E-state index >= 15 is 0 Å². The summed E-state index contributed by atoms with van der Waals surface area (Å²) in [5, 5.41) is 0. The van der Waals surface area contributed by atoms with E-state index in [1.54, 1.807) is 28.6 Å². The molecule has 3 nitrogen and oxygen atoms in total. The van der Waals surface area contributed by atoms with Crippen molar-refractivity contribution in [3.8, 4) is 0 Å². The lowest BCUT2D eigenvalue weighted by Gasteiger charge is -2.22. The first-order chi connectivity index (χ1) is 16.6. The van der Waals surface area contributed by atoms with Gasteiger partial charge in [0, 0.05) is 13.1 Å². The van der Waals surface area contributed by atoms with Gasteiger partial charge in [-0.1, -0.05) is 142 Å². The number of nitrogens with zero attached hydrogens (tertiary/aromatic N) is 1. The minimum absolute atomic E-state index is 0.408. The fourth-order valence-electron chi connectivity index (χ4n) is 4.60. The summed E-state index contributed by atoms with van der Waals surface area (Å²) in [6.07, 6.45) is 25.4. The van der Waals surface area contributed by atoms with Crippen molar-refractivity contribution in [3.63, 3.8) is 0 Å². The Bertz CT molecular complexity index is 636. The second-order valence-electron chi connectivity index (χ2n) is 10.0. The average Bonchev–Trinajstić information content (AvgIpc) is 2.85. The summed E-state index contributed by atoms with van der Waals surface area (Å²) >= 11 is 0. The van der Waals surface area contributed by atoms with Crippen molar-refractivity contribution in [2.45, 2.75) is 147 Å². The molecule has 0 aliphatic rings. The standard InChI is InChI=1S/C30H54NO2S/c1-3-5-7-9-11-13-15-17-19-24-28-31(34(32,33)30-26-22-21-23-27-30)29-25-20-18-16-14-12-10-8-6-4-2/h22-23,26-27H,3-20,24-25,28-29H2,1-2H3. The SMILES string of the molecule is CCCCCCCCCCCCN(CCCCCCCCCCCC)S(=O)(=O)c1cc[c]cc1. The van der Waals surface area contributed by atoms with Gasteiger partial charge in [-0.25, -0.2) is 8.42 Å². The molecule has 0 atom stereocenters. The van der Waals surface area contributed by atoms with E-state index in [0.717, 1.165) is 25.7 Å². The van der Waals surface area contributed by atoms with Gasteiger partial charge < -0.3 is 0 Å². The van der Waals surface area contributed by atoms with Crippen LogP contribution in [0, 0.1) is 6.07 Å². The van der Waals surface area contributed by atoms with Crippen molar-refractivity contribution in [1.29, 1.82) is 0 Å². The summed E-state index contributed by atoms with van der Waals surface area (Å²) in [6.45, 7) is 5.82. The molecule has 197 valence electrons. The van der Waals surface area contributed by atoms with Crippen LogP contribution in [0.2, 0.25) is 0 Å². The Balaban J connectivity index is 2.32. The van der Waals surface area contributed by atoms with E-state index in [9.17, 15) is 8.42 Å². The van der Waals surface area contributed by atoms with E-state index in [1.165, 1.54) is 103 Å². The van der Waals surface area contributed by atoms with Gasteiger partial charge in [-0.05, 0) is 31.0 Å². The third-order valence-electron chi connectivity index (χ3n) is 6.85. The molecule has 0 bridgehead atoms. The zero-order valence-corrected chi connectivity index (χ0v) is 23.4. The maximum absolute atomic E-state index is 13.2. The molecule has 0 heterocycles. The summed E-state index contributed by atoms with van der Waals surface area (Å²) in [6, 6.07) is 9.70. The maximum atomic E-state index is 13.2. The molecule has 0 aliphatic heterocycles. The number of rotatable bonds is 24. The second-order valence-corrected chi connectivity index (χ2v) is 11.9. The number of hydrogen-bond donors (Lipinski definition) is 0. The monoisotopic (exact) mass is 492 g/mol. The lowest BCUT2D eigenvalue weighted by Crippen LogP contribution is -2.33. The van der Waals surface area contributed by atoms with E-state index in [1.807, 2.05) is 0 Å². The Hall–Kier alpha value is -0.870. The van der Waals surface area contributed by atoms with E-state index < -0.39 is 10.0 Å². The van der Waals surface area contributed by atoms with Crippen LogP contribution in [0.1, 0.15) is 142 Å². The first-order valence-corrected chi connectivity index (χ1v) is 16.0. The zero-order valence-electron chi connectivity index (χ0n) is 22.5. The van der Waals surface area contributed by atoms with Crippen LogP contribution in [-0.4, -0.2) is 25.8 Å². The lowest BCUT2D eigenvalue weighted by atomic mass is 10.1. The van der Waals surface area contributed by atoms with Gasteiger partial charge in [0.05, 0.1) is 4.90 Å². The summed E-state index contributed by atoms with van der Waals surface area (Å²) < 4.78 is 28.2. The topological polar surface area (TPSA) is 37.4 Å². The molecule has 34 heavy (non-hydrogen) atoms. The van der Waals surface area contributed by atoms with Crippen LogP contribution >= 0.6 is 0 Å². The Labute approximate surface area is 213 Å². The van der Waals surface area contributed by atoms with Gasteiger partial charge in [-0.3, -0.25) is 0 Å². The van der Waals surface area contributed by atoms with Crippen molar-refractivity contribution in [1.82, 2.24) is 4.31 Å². The molecule has 1 radical (unpaired) electrons. The molecule has 0 saturated carbocycles. The lowest BCUT2D eigenvalue weighted by molar-refractivity contribution is 0.383. The van der Waals surface area contributed by atoms with E-state index in [2.05, 4.69) is 19.9 Å². The molecule has 0 spiro atoms. The first kappa shape index (κ1) is 31.2. The van der Waals surface area contributed by atoms with Crippen molar-refractivity contribution < 1.29 is 8.42 Å². The Morgan fingerprint density at radius 2 is 0.882 bits per heavy atom. The molecule has 1 aromatic rings. The highest BCUT2D eigenvalue weighted by Gasteiger charge is 2.23. The minimum Gasteiger partial charge on any atom is -0.207 e. The number of hydrogen-bond acceptors (Lipinski definition) is 2. The largest absolute Gasteiger partial charge is 0.243 e. The van der Waals surface area contributed by atoms with Crippen molar-refractivity contribution in [2.24, 2.45) is 0 Å². The molecule has 0 amide bonds. The molecular formula is C30H54NO2S. The number of benzene rings is 1. The molecule has 0 unspecified atom stereocenters. The van der Waals surface area contributed by atoms with E-state index in [0.29, 0.717) is 18.0 Å². The Morgan fingerprint density at radius 1 is 0.559 bits per heavy atom. The minimum atomic E-state index is -3.41. The third kappa shape index (κ3) is 15.2. The summed E-state index contributed by atoms with van der Waals surface area (Å²) in [4.78, 5) is 0.408. The molecular weight excluding hydrogens is 438 g/mol. The van der Waals surface area contributed by atoms with Crippen LogP contribution in [0.5, 0.6) is 0 Å². The third-order valence-corrected chi connectivity index (χ3v) is 8.76. The maximum Gasteiger partial charge on any atom is 0.243 e. The molecule has 4 heteroatoms. The highest BCUT2D eigenvalue weighted by Crippen LogP contribution is 2.19. The number of unbranched alkanes of at least 4 members (excludes halogenated alkanes) is 18. The van der Waals surface area contributed by atoms with Crippen LogP contribution in [-0.2, 0) is 10.0 Å². The predicted octanol–water partition coefficient (Wildman–Crippen LogP) is 9.32. The predicted molar refractivity (Wildman–Crippen MR) is 148 cm³/mol. The van der Waals surface area contributed by atoms with Gasteiger partial charge in [0.1, 0.15) is 0 Å². The van der Waals surface area contributed by atoms with Gasteiger partial charge in [-0.15, -0.1) is 0 Å². The second kappa shape index (κ2) is 21.4. The Morgan fingerprint density at radius 3 is 1.24 bits per heavy atom. The Kier molecular flexibility index (Phi) is 19.6. The van der Waals surface area contributed by atoms with Gasteiger partial charge in [0.25, 0.3) is 0 Å². The smallest absolute Gasteiger partial charge is 0.207 e. The van der Waals surface area contributed by atoms with Gasteiger partial charge in [0.15, 0.2) is 0 Å². The van der Waals surface area contributed by atoms with Crippen LogP contribution in [0.3, 0.4) is 0 Å². The highest BCUT2D eigenvalue weighted by atomic mass is 32.2. The molecule has 1 rings (SSSR count). The van der Waals surface area contributed by atoms with E-state index in [4.69, 9.17) is 0 Å².